The number of unbranched alkanes of at least 4 members (excludes halogenated alkanes) is 10. The summed E-state index contributed by atoms with van der Waals surface area (Å²) < 4.78 is 0. The number of amides is 11. The molecule has 0 aromatic heterocycles. The number of primary amides is 1. The zero-order valence-electron chi connectivity index (χ0n) is 66.7. The van der Waals surface area contributed by atoms with Gasteiger partial charge >= 0.3 is 0 Å². The van der Waals surface area contributed by atoms with Crippen LogP contribution >= 0.6 is 0 Å². The van der Waals surface area contributed by atoms with E-state index in [0.29, 0.717) is 73.9 Å². The maximum atomic E-state index is 15.3. The number of carbonyl (C=O) groups is 11. The van der Waals surface area contributed by atoms with Gasteiger partial charge in [0.15, 0.2) is 0 Å². The van der Waals surface area contributed by atoms with Crippen molar-refractivity contribution < 1.29 is 63.0 Å². The van der Waals surface area contributed by atoms with Gasteiger partial charge in [0.25, 0.3) is 0 Å². The van der Waals surface area contributed by atoms with Crippen LogP contribution in [0.15, 0.2) is 158 Å². The number of nitrogens with zero attached hydrogens (tertiary/aromatic N) is 1. The molecule has 1 heterocycles. The van der Waals surface area contributed by atoms with Crippen LogP contribution in [0.25, 0.3) is 10.8 Å². The average Bonchev–Trinajstić information content (AvgIpc) is 1.65. The molecule has 26 nitrogen and oxygen atoms in total. The number of benzene rings is 6. The van der Waals surface area contributed by atoms with Gasteiger partial charge in [-0.2, -0.15) is 0 Å². The van der Waals surface area contributed by atoms with Crippen LogP contribution < -0.4 is 64.2 Å². The van der Waals surface area contributed by atoms with E-state index in [4.69, 9.17) is 5.73 Å². The first-order chi connectivity index (χ1) is 55.1. The van der Waals surface area contributed by atoms with Gasteiger partial charge in [-0.1, -0.05) is 211 Å². The summed E-state index contributed by atoms with van der Waals surface area (Å²) in [5.41, 5.74) is 8.58. The summed E-state index contributed by atoms with van der Waals surface area (Å²) >= 11 is 0. The number of aliphatic hydroxyl groups is 1. The number of rotatable bonds is 52. The number of phenolic OH excluding ortho intramolecular Hbond substituents is 1. The van der Waals surface area contributed by atoms with E-state index in [-0.39, 0.29) is 57.2 Å². The fourth-order valence-corrected chi connectivity index (χ4v) is 14.0. The SMILES string of the molecule is CCCCCCCNCCCCC(NC(=O)C(Cc1ccc(O)cc1)NC(=O)C(CO)NC(=O)C(Cc1ccccc1)NC(=O)C(Cc1ccccc1)NC(=O)C(Cc1ccc2ccccc2c1)NC(C)=O)C(=O)NC(Cc1ccccc1)C(=O)NC(CCCCNCCCCCCC)C(=O)N1CCCC1C(=O)NC(C)C(N)=O. The molecule has 0 saturated carbocycles. The molecule has 7 rings (SSSR count). The predicted octanol–water partition coefficient (Wildman–Crippen LogP) is 6.39. The summed E-state index contributed by atoms with van der Waals surface area (Å²) in [6, 6.07) is 32.6. The zero-order chi connectivity index (χ0) is 82.0. The van der Waals surface area contributed by atoms with Gasteiger partial charge < -0.3 is 79.3 Å². The quantitative estimate of drug-likeness (QED) is 0.0184. The van der Waals surface area contributed by atoms with E-state index in [0.717, 1.165) is 87.2 Å². The number of carbonyl (C=O) groups excluding carboxylic acids is 11. The van der Waals surface area contributed by atoms with Crippen LogP contribution in [0.3, 0.4) is 0 Å². The molecule has 1 fully saturated rings. The van der Waals surface area contributed by atoms with Crippen molar-refractivity contribution in [2.75, 3.05) is 39.3 Å². The smallest absolute Gasteiger partial charge is 0.245 e. The summed E-state index contributed by atoms with van der Waals surface area (Å²) in [6.07, 6.45) is 13.7. The van der Waals surface area contributed by atoms with Crippen molar-refractivity contribution in [3.8, 4) is 5.75 Å². The van der Waals surface area contributed by atoms with Crippen LogP contribution in [-0.4, -0.2) is 180 Å². The lowest BCUT2D eigenvalue weighted by Gasteiger charge is -2.31. The number of aromatic hydroxyl groups is 1. The Hall–Kier alpha value is -10.6. The number of fused-ring (bicyclic) bond motifs is 1. The molecule has 11 amide bonds. The standard InChI is InChI=1S/C88H121N13O13/c1-5-7-9-11-26-48-90-50-28-24-39-70(80(106)96-73(54-62-31-16-13-17-32-62)83(109)95-71(40-25-29-51-91-49-27-12-10-8-6-2)88(114)101-52-30-41-78(101)87(113)92-60(3)79(89)105)94-82(108)76(57-65-43-46-69(104)47-44-65)99-86(112)77(59-102)100-85(111)75(56-64-35-20-15-21-36-64)98-84(110)74(55-63-33-18-14-19-34-63)97-81(107)72(93-61(4)103)58-66-42-45-67-37-22-23-38-68(67)53-66/h13-23,31-38,42-47,53,60,70-78,90-91,102,104H,5-12,24-30,39-41,48-52,54-59H2,1-4H3,(H2,89,105)(H,92,113)(H,93,103)(H,94,108)(H,95,109)(H,96,106)(H,97,107)(H,98,110)(H,99,112)(H,100,111). The molecule has 0 aliphatic carbocycles. The fourth-order valence-electron chi connectivity index (χ4n) is 14.0. The Bertz CT molecular complexity index is 4010. The van der Waals surface area contributed by atoms with Crippen molar-refractivity contribution in [2.24, 2.45) is 5.73 Å². The Kier molecular flexibility index (Phi) is 39.6. The van der Waals surface area contributed by atoms with Crippen LogP contribution in [0.1, 0.15) is 171 Å². The normalized spacial score (nSPS) is 14.9. The van der Waals surface area contributed by atoms with Crippen LogP contribution in [0, 0.1) is 0 Å². The first kappa shape index (κ1) is 90.6. The monoisotopic (exact) mass is 1570 g/mol. The first-order valence-electron chi connectivity index (χ1n) is 40.8. The highest BCUT2D eigenvalue weighted by Gasteiger charge is 2.40. The molecule has 1 aliphatic heterocycles. The number of phenols is 1. The van der Waals surface area contributed by atoms with E-state index in [1.807, 2.05) is 42.5 Å². The molecule has 0 radical (unpaired) electrons. The molecule has 10 unspecified atom stereocenters. The van der Waals surface area contributed by atoms with Gasteiger partial charge in [-0.15, -0.1) is 0 Å². The molecule has 10 atom stereocenters. The Morgan fingerprint density at radius 2 is 0.763 bits per heavy atom. The molecule has 616 valence electrons. The van der Waals surface area contributed by atoms with Crippen molar-refractivity contribution in [3.05, 3.63) is 186 Å². The molecule has 1 saturated heterocycles. The van der Waals surface area contributed by atoms with Crippen molar-refractivity contribution >= 4 is 75.8 Å². The Labute approximate surface area is 671 Å². The Balaban J connectivity index is 1.14. The summed E-state index contributed by atoms with van der Waals surface area (Å²) in [6.45, 7) is 9.11. The fraction of sp³-hybridized carbons (Fsp3) is 0.489. The maximum Gasteiger partial charge on any atom is 0.245 e. The van der Waals surface area contributed by atoms with Crippen molar-refractivity contribution in [3.63, 3.8) is 0 Å². The first-order valence-corrected chi connectivity index (χ1v) is 40.8. The minimum atomic E-state index is -1.77. The number of aliphatic hydroxyl groups excluding tert-OH is 1. The largest absolute Gasteiger partial charge is 0.508 e. The summed E-state index contributed by atoms with van der Waals surface area (Å²) in [4.78, 5) is 160. The van der Waals surface area contributed by atoms with E-state index in [1.54, 1.807) is 91.0 Å². The van der Waals surface area contributed by atoms with Crippen molar-refractivity contribution in [1.82, 2.24) is 63.4 Å². The molecule has 15 N–H and O–H groups in total. The molecule has 6 aromatic rings. The second-order valence-electron chi connectivity index (χ2n) is 29.8. The van der Waals surface area contributed by atoms with E-state index in [9.17, 15) is 48.6 Å². The topological polar surface area (TPSA) is 390 Å². The number of hydrogen-bond donors (Lipinski definition) is 14. The van der Waals surface area contributed by atoms with Crippen molar-refractivity contribution in [1.29, 1.82) is 0 Å². The molecule has 0 bridgehead atoms. The lowest BCUT2D eigenvalue weighted by atomic mass is 9.99. The molecule has 114 heavy (non-hydrogen) atoms. The van der Waals surface area contributed by atoms with Crippen LogP contribution in [0.4, 0.5) is 0 Å². The summed E-state index contributed by atoms with van der Waals surface area (Å²) in [5.74, 6) is -8.21. The lowest BCUT2D eigenvalue weighted by molar-refractivity contribution is -0.142. The van der Waals surface area contributed by atoms with E-state index in [2.05, 4.69) is 72.3 Å². The summed E-state index contributed by atoms with van der Waals surface area (Å²) in [5, 5.41) is 55.4. The van der Waals surface area contributed by atoms with Gasteiger partial charge in [0, 0.05) is 45.6 Å². The van der Waals surface area contributed by atoms with Crippen LogP contribution in [0.2, 0.25) is 0 Å². The highest BCUT2D eigenvalue weighted by molar-refractivity contribution is 5.99. The minimum Gasteiger partial charge on any atom is -0.508 e. The minimum absolute atomic E-state index is 0.0386. The molecule has 6 aromatic carbocycles. The molecular formula is C88H121N13O13. The summed E-state index contributed by atoms with van der Waals surface area (Å²) in [7, 11) is 0. The third-order valence-corrected chi connectivity index (χ3v) is 20.5. The van der Waals surface area contributed by atoms with Gasteiger partial charge in [-0.25, -0.2) is 0 Å². The number of nitrogens with two attached hydrogens (primary N) is 1. The predicted molar refractivity (Wildman–Crippen MR) is 441 cm³/mol. The highest BCUT2D eigenvalue weighted by Crippen LogP contribution is 2.23. The number of nitrogens with one attached hydrogen (secondary N) is 11. The third kappa shape index (κ3) is 31.8. The van der Waals surface area contributed by atoms with Gasteiger partial charge in [0.2, 0.25) is 65.0 Å². The third-order valence-electron chi connectivity index (χ3n) is 20.5. The average molecular weight is 1570 g/mol. The van der Waals surface area contributed by atoms with Crippen LogP contribution in [-0.2, 0) is 84.8 Å². The molecule has 0 spiro atoms. The van der Waals surface area contributed by atoms with Crippen LogP contribution in [0.5, 0.6) is 5.75 Å². The van der Waals surface area contributed by atoms with Gasteiger partial charge in [-0.3, -0.25) is 52.7 Å². The van der Waals surface area contributed by atoms with E-state index >= 15 is 14.4 Å². The second-order valence-corrected chi connectivity index (χ2v) is 29.8. The van der Waals surface area contributed by atoms with Crippen molar-refractivity contribution in [2.45, 2.75) is 236 Å². The van der Waals surface area contributed by atoms with E-state index in [1.165, 1.54) is 49.4 Å². The Morgan fingerprint density at radius 3 is 1.21 bits per heavy atom. The molecule has 26 heteroatoms. The van der Waals surface area contributed by atoms with Gasteiger partial charge in [0.1, 0.15) is 66.2 Å². The number of likely N-dealkylation sites (tertiary alicyclic amines) is 1. The maximum absolute atomic E-state index is 15.3. The lowest BCUT2D eigenvalue weighted by Crippen LogP contribution is -2.61. The van der Waals surface area contributed by atoms with Gasteiger partial charge in [0.05, 0.1) is 6.61 Å². The number of hydrogen-bond acceptors (Lipinski definition) is 15. The zero-order valence-corrected chi connectivity index (χ0v) is 66.7. The van der Waals surface area contributed by atoms with Gasteiger partial charge in [-0.05, 0) is 148 Å². The second kappa shape index (κ2) is 49.8. The van der Waals surface area contributed by atoms with E-state index < -0.39 is 132 Å². The molecular weight excluding hydrogens is 1450 g/mol. The Morgan fingerprint density at radius 1 is 0.404 bits per heavy atom. The molecule has 1 aliphatic rings. The highest BCUT2D eigenvalue weighted by atomic mass is 16.3.